The van der Waals surface area contributed by atoms with Crippen molar-refractivity contribution >= 4 is 5.96 Å². The van der Waals surface area contributed by atoms with E-state index in [0.29, 0.717) is 26.4 Å². The largest absolute Gasteiger partial charge is 0.486 e. The molecule has 25 heavy (non-hydrogen) atoms. The van der Waals surface area contributed by atoms with E-state index in [1.165, 1.54) is 18.4 Å². The highest BCUT2D eigenvalue weighted by Gasteiger charge is 2.20. The van der Waals surface area contributed by atoms with Gasteiger partial charge in [0.15, 0.2) is 17.5 Å². The molecule has 1 aromatic rings. The lowest BCUT2D eigenvalue weighted by Crippen LogP contribution is -2.38. The molecular weight excluding hydrogens is 318 g/mol. The Balaban J connectivity index is 1.52. The normalized spacial score (nSPS) is 16.6. The van der Waals surface area contributed by atoms with Crippen LogP contribution in [0.3, 0.4) is 0 Å². The standard InChI is InChI=1S/C19H29N3O3/c1-3-20-19(21-8-9-23-14-15-4-5-15)22(2)13-16-6-7-17-18(12-16)25-11-10-24-17/h6-7,12,15H,3-5,8-11,13-14H2,1-2H3,(H,20,21). The molecule has 0 spiro atoms. The summed E-state index contributed by atoms with van der Waals surface area (Å²) in [5, 5.41) is 3.34. The summed E-state index contributed by atoms with van der Waals surface area (Å²) in [6, 6.07) is 6.10. The molecular formula is C19H29N3O3. The van der Waals surface area contributed by atoms with Crippen molar-refractivity contribution in [2.45, 2.75) is 26.3 Å². The second kappa shape index (κ2) is 8.94. The highest BCUT2D eigenvalue weighted by Crippen LogP contribution is 2.31. The number of nitrogens with one attached hydrogen (secondary N) is 1. The van der Waals surface area contributed by atoms with Crippen molar-refractivity contribution in [2.75, 3.05) is 46.6 Å². The van der Waals surface area contributed by atoms with Gasteiger partial charge in [0.1, 0.15) is 13.2 Å². The lowest BCUT2D eigenvalue weighted by Gasteiger charge is -2.24. The molecule has 0 amide bonds. The lowest BCUT2D eigenvalue weighted by molar-refractivity contribution is 0.131. The number of aliphatic imine (C=N–C) groups is 1. The van der Waals surface area contributed by atoms with Crippen LogP contribution in [-0.2, 0) is 11.3 Å². The van der Waals surface area contributed by atoms with Crippen LogP contribution in [0, 0.1) is 5.92 Å². The SMILES string of the molecule is CCNC(=NCCOCC1CC1)N(C)Cc1ccc2c(c1)OCCO2. The monoisotopic (exact) mass is 347 g/mol. The van der Waals surface area contributed by atoms with E-state index in [0.717, 1.165) is 43.1 Å². The van der Waals surface area contributed by atoms with Crippen LogP contribution >= 0.6 is 0 Å². The summed E-state index contributed by atoms with van der Waals surface area (Å²) >= 11 is 0. The third kappa shape index (κ3) is 5.53. The number of guanidine groups is 1. The van der Waals surface area contributed by atoms with Gasteiger partial charge >= 0.3 is 0 Å². The Labute approximate surface area is 150 Å². The molecule has 0 aromatic heterocycles. The maximum atomic E-state index is 5.66. The van der Waals surface area contributed by atoms with Crippen LogP contribution < -0.4 is 14.8 Å². The number of nitrogens with zero attached hydrogens (tertiary/aromatic N) is 2. The van der Waals surface area contributed by atoms with E-state index in [-0.39, 0.29) is 0 Å². The molecule has 1 aliphatic carbocycles. The molecule has 2 aliphatic rings. The zero-order chi connectivity index (χ0) is 17.5. The molecule has 0 radical (unpaired) electrons. The summed E-state index contributed by atoms with van der Waals surface area (Å²) in [5.41, 5.74) is 1.17. The van der Waals surface area contributed by atoms with Crippen molar-refractivity contribution in [3.63, 3.8) is 0 Å². The molecule has 6 heteroatoms. The van der Waals surface area contributed by atoms with Crippen molar-refractivity contribution < 1.29 is 14.2 Å². The predicted molar refractivity (Wildman–Crippen MR) is 98.4 cm³/mol. The van der Waals surface area contributed by atoms with Gasteiger partial charge in [-0.05, 0) is 43.4 Å². The average molecular weight is 347 g/mol. The third-order valence-electron chi connectivity index (χ3n) is 4.27. The van der Waals surface area contributed by atoms with Crippen molar-refractivity contribution in [1.82, 2.24) is 10.2 Å². The quantitative estimate of drug-likeness (QED) is 0.444. The fourth-order valence-electron chi connectivity index (χ4n) is 2.76. The van der Waals surface area contributed by atoms with E-state index in [1.807, 2.05) is 19.2 Å². The minimum Gasteiger partial charge on any atom is -0.486 e. The third-order valence-corrected chi connectivity index (χ3v) is 4.27. The minimum atomic E-state index is 0.608. The first kappa shape index (κ1) is 17.9. The van der Waals surface area contributed by atoms with E-state index in [9.17, 15) is 0 Å². The molecule has 138 valence electrons. The molecule has 0 bridgehead atoms. The number of hydrogen-bond donors (Lipinski definition) is 1. The Morgan fingerprint density at radius 3 is 2.84 bits per heavy atom. The fraction of sp³-hybridized carbons (Fsp3) is 0.632. The smallest absolute Gasteiger partial charge is 0.194 e. The first-order valence-electron chi connectivity index (χ1n) is 9.22. The van der Waals surface area contributed by atoms with Crippen LogP contribution in [0.5, 0.6) is 11.5 Å². The zero-order valence-corrected chi connectivity index (χ0v) is 15.3. The Bertz CT molecular complexity index is 587. The van der Waals surface area contributed by atoms with Gasteiger partial charge in [-0.15, -0.1) is 0 Å². The molecule has 1 fully saturated rings. The maximum absolute atomic E-state index is 5.66. The molecule has 6 nitrogen and oxygen atoms in total. The second-order valence-corrected chi connectivity index (χ2v) is 6.59. The molecule has 0 atom stereocenters. The predicted octanol–water partition coefficient (Wildman–Crippen LogP) is 2.28. The van der Waals surface area contributed by atoms with Gasteiger partial charge in [0.25, 0.3) is 0 Å². The molecule has 1 N–H and O–H groups in total. The van der Waals surface area contributed by atoms with E-state index in [2.05, 4.69) is 28.2 Å². The van der Waals surface area contributed by atoms with Crippen molar-refractivity contribution in [1.29, 1.82) is 0 Å². The van der Waals surface area contributed by atoms with Gasteiger partial charge in [-0.3, -0.25) is 4.99 Å². The Morgan fingerprint density at radius 2 is 2.08 bits per heavy atom. The van der Waals surface area contributed by atoms with Gasteiger partial charge in [0, 0.05) is 26.7 Å². The molecule has 3 rings (SSSR count). The van der Waals surface area contributed by atoms with Crippen LogP contribution in [-0.4, -0.2) is 57.4 Å². The Hall–Kier alpha value is -1.95. The highest BCUT2D eigenvalue weighted by molar-refractivity contribution is 5.79. The number of hydrogen-bond acceptors (Lipinski definition) is 4. The van der Waals surface area contributed by atoms with Crippen molar-refractivity contribution in [3.8, 4) is 11.5 Å². The molecule has 0 unspecified atom stereocenters. The first-order chi connectivity index (χ1) is 12.3. The summed E-state index contributed by atoms with van der Waals surface area (Å²) in [5.74, 6) is 3.35. The van der Waals surface area contributed by atoms with Crippen LogP contribution in [0.1, 0.15) is 25.3 Å². The Morgan fingerprint density at radius 1 is 1.28 bits per heavy atom. The van der Waals surface area contributed by atoms with Crippen LogP contribution in [0.2, 0.25) is 0 Å². The van der Waals surface area contributed by atoms with Gasteiger partial charge in [0.05, 0.1) is 13.2 Å². The lowest BCUT2D eigenvalue weighted by atomic mass is 10.2. The van der Waals surface area contributed by atoms with Crippen LogP contribution in [0.4, 0.5) is 0 Å². The molecule has 1 aromatic carbocycles. The Kier molecular flexibility index (Phi) is 6.39. The van der Waals surface area contributed by atoms with Gasteiger partial charge in [-0.2, -0.15) is 0 Å². The number of fused-ring (bicyclic) bond motifs is 1. The first-order valence-corrected chi connectivity index (χ1v) is 9.22. The maximum Gasteiger partial charge on any atom is 0.194 e. The average Bonchev–Trinajstić information content (AvgIpc) is 3.44. The van der Waals surface area contributed by atoms with Gasteiger partial charge in [-0.1, -0.05) is 6.07 Å². The van der Waals surface area contributed by atoms with Crippen LogP contribution in [0.25, 0.3) is 0 Å². The molecule has 0 saturated heterocycles. The summed E-state index contributed by atoms with van der Waals surface area (Å²) in [6.45, 7) is 7.15. The van der Waals surface area contributed by atoms with E-state index < -0.39 is 0 Å². The minimum absolute atomic E-state index is 0.608. The van der Waals surface area contributed by atoms with Gasteiger partial charge < -0.3 is 24.4 Å². The molecule has 1 heterocycles. The number of benzene rings is 1. The molecule has 1 saturated carbocycles. The zero-order valence-electron chi connectivity index (χ0n) is 15.3. The molecule has 1 aliphatic heterocycles. The number of rotatable bonds is 8. The fourth-order valence-corrected chi connectivity index (χ4v) is 2.76. The second-order valence-electron chi connectivity index (χ2n) is 6.59. The van der Waals surface area contributed by atoms with Crippen LogP contribution in [0.15, 0.2) is 23.2 Å². The highest BCUT2D eigenvalue weighted by atomic mass is 16.6. The summed E-state index contributed by atoms with van der Waals surface area (Å²) in [4.78, 5) is 6.79. The van der Waals surface area contributed by atoms with Crippen molar-refractivity contribution in [2.24, 2.45) is 10.9 Å². The van der Waals surface area contributed by atoms with E-state index in [4.69, 9.17) is 14.2 Å². The van der Waals surface area contributed by atoms with Gasteiger partial charge in [-0.25, -0.2) is 0 Å². The van der Waals surface area contributed by atoms with E-state index in [1.54, 1.807) is 0 Å². The topological polar surface area (TPSA) is 55.3 Å². The summed E-state index contributed by atoms with van der Waals surface area (Å²) in [7, 11) is 2.04. The van der Waals surface area contributed by atoms with E-state index >= 15 is 0 Å². The summed E-state index contributed by atoms with van der Waals surface area (Å²) < 4.78 is 16.9. The summed E-state index contributed by atoms with van der Waals surface area (Å²) in [6.07, 6.45) is 2.65. The van der Waals surface area contributed by atoms with Crippen molar-refractivity contribution in [3.05, 3.63) is 23.8 Å². The number of ether oxygens (including phenoxy) is 3. The van der Waals surface area contributed by atoms with Gasteiger partial charge in [0.2, 0.25) is 0 Å².